The fraction of sp³-hybridized carbons (Fsp3) is 0.727. The van der Waals surface area contributed by atoms with E-state index in [1.54, 1.807) is 13.8 Å². The fourth-order valence-electron chi connectivity index (χ4n) is 1.35. The summed E-state index contributed by atoms with van der Waals surface area (Å²) >= 11 is 0.693. The number of nitrogens with one attached hydrogen (secondary N) is 1. The van der Waals surface area contributed by atoms with Gasteiger partial charge >= 0.3 is 12.4 Å². The van der Waals surface area contributed by atoms with Gasteiger partial charge in [-0.2, -0.15) is 26.3 Å². The van der Waals surface area contributed by atoms with Crippen LogP contribution in [-0.4, -0.2) is 23.8 Å². The molecule has 0 amide bonds. The molecule has 0 aliphatic carbocycles. The highest BCUT2D eigenvalue weighted by Gasteiger charge is 2.37. The molecule has 1 rings (SSSR count). The lowest BCUT2D eigenvalue weighted by Crippen LogP contribution is -2.23. The normalized spacial score (nSPS) is 13.2. The number of hydrogen-bond donors (Lipinski definition) is 1. The first-order chi connectivity index (χ1) is 9.49. The van der Waals surface area contributed by atoms with Gasteiger partial charge in [0.15, 0.2) is 5.69 Å². The highest BCUT2D eigenvalue weighted by Crippen LogP contribution is 2.34. The molecule has 0 aromatic carbocycles. The largest absolute Gasteiger partial charge is 0.434 e. The molecule has 122 valence electrons. The van der Waals surface area contributed by atoms with Gasteiger partial charge in [-0.25, -0.2) is 4.98 Å². The summed E-state index contributed by atoms with van der Waals surface area (Å²) in [6, 6.07) is -0.0295. The molecule has 3 nitrogen and oxygen atoms in total. The Balaban J connectivity index is 2.78. The molecule has 0 aliphatic rings. The smallest absolute Gasteiger partial charge is 0.365 e. The minimum Gasteiger partial charge on any atom is -0.365 e. The lowest BCUT2D eigenvalue weighted by atomic mass is 10.3. The number of halogens is 6. The molecule has 0 fully saturated rings. The summed E-state index contributed by atoms with van der Waals surface area (Å²) in [7, 11) is 0. The number of alkyl halides is 6. The van der Waals surface area contributed by atoms with E-state index in [4.69, 9.17) is 0 Å². The summed E-state index contributed by atoms with van der Waals surface area (Å²) in [6.07, 6.45) is -9.17. The maximum absolute atomic E-state index is 12.8. The van der Waals surface area contributed by atoms with E-state index in [1.807, 2.05) is 0 Å². The van der Waals surface area contributed by atoms with Crippen molar-refractivity contribution in [3.05, 3.63) is 15.6 Å². The molecular weight excluding hydrogens is 322 g/mol. The molecule has 21 heavy (non-hydrogen) atoms. The zero-order chi connectivity index (χ0) is 16.3. The highest BCUT2D eigenvalue weighted by atomic mass is 32.1. The minimum atomic E-state index is -4.65. The van der Waals surface area contributed by atoms with Gasteiger partial charge in [0.1, 0.15) is 11.6 Å². The molecule has 1 N–H and O–H groups in total. The SMILES string of the molecule is CC(C)NCc1sc(COCC(F)(F)F)nc1C(F)(F)F. The van der Waals surface area contributed by atoms with Crippen molar-refractivity contribution in [1.82, 2.24) is 10.3 Å². The predicted octanol–water partition coefficient (Wildman–Crippen LogP) is 3.74. The van der Waals surface area contributed by atoms with Crippen LogP contribution >= 0.6 is 11.3 Å². The van der Waals surface area contributed by atoms with E-state index in [0.717, 1.165) is 0 Å². The Morgan fingerprint density at radius 1 is 1.19 bits per heavy atom. The van der Waals surface area contributed by atoms with Gasteiger partial charge in [-0.15, -0.1) is 11.3 Å². The third kappa shape index (κ3) is 6.62. The number of rotatable bonds is 6. The molecular formula is C11H14F6N2OS. The zero-order valence-electron chi connectivity index (χ0n) is 11.2. The third-order valence-electron chi connectivity index (χ3n) is 2.17. The molecule has 1 aromatic rings. The maximum atomic E-state index is 12.8. The summed E-state index contributed by atoms with van der Waals surface area (Å²) in [5, 5.41) is 2.69. The number of ether oxygens (including phenoxy) is 1. The second kappa shape index (κ2) is 6.93. The number of nitrogens with zero attached hydrogens (tertiary/aromatic N) is 1. The molecule has 1 heterocycles. The molecule has 0 radical (unpaired) electrons. The van der Waals surface area contributed by atoms with Gasteiger partial charge < -0.3 is 10.1 Å². The van der Waals surface area contributed by atoms with Gasteiger partial charge in [0.25, 0.3) is 0 Å². The third-order valence-corrected chi connectivity index (χ3v) is 3.20. The first kappa shape index (κ1) is 18.2. The number of hydrogen-bond acceptors (Lipinski definition) is 4. The molecule has 0 atom stereocenters. The van der Waals surface area contributed by atoms with Crippen molar-refractivity contribution in [1.29, 1.82) is 0 Å². The first-order valence-corrected chi connectivity index (χ1v) is 6.74. The Hall–Kier alpha value is -0.870. The van der Waals surface area contributed by atoms with Crippen LogP contribution in [0.1, 0.15) is 29.4 Å². The Kier molecular flexibility index (Phi) is 6.00. The molecule has 10 heteroatoms. The second-order valence-corrected chi connectivity index (χ2v) is 5.69. The molecule has 0 saturated heterocycles. The van der Waals surface area contributed by atoms with Gasteiger partial charge in [0, 0.05) is 12.6 Å². The summed E-state index contributed by atoms with van der Waals surface area (Å²) < 4.78 is 78.4. The van der Waals surface area contributed by atoms with Crippen LogP contribution in [0.5, 0.6) is 0 Å². The average molecular weight is 336 g/mol. The van der Waals surface area contributed by atoms with Crippen molar-refractivity contribution in [3.63, 3.8) is 0 Å². The van der Waals surface area contributed by atoms with Crippen LogP contribution < -0.4 is 5.32 Å². The Morgan fingerprint density at radius 2 is 1.81 bits per heavy atom. The van der Waals surface area contributed by atoms with Crippen LogP contribution in [0.25, 0.3) is 0 Å². The molecule has 0 spiro atoms. The van der Waals surface area contributed by atoms with Crippen LogP contribution in [0.4, 0.5) is 26.3 Å². The molecule has 0 aliphatic heterocycles. The van der Waals surface area contributed by atoms with Crippen LogP contribution in [0.15, 0.2) is 0 Å². The highest BCUT2D eigenvalue weighted by molar-refractivity contribution is 7.11. The van der Waals surface area contributed by atoms with Gasteiger partial charge in [-0.3, -0.25) is 0 Å². The van der Waals surface area contributed by atoms with E-state index < -0.39 is 31.3 Å². The molecule has 1 aromatic heterocycles. The molecule has 0 saturated carbocycles. The number of thiazole rings is 1. The Bertz CT molecular complexity index is 455. The summed E-state index contributed by atoms with van der Waals surface area (Å²) in [5.41, 5.74) is -1.08. The molecule has 0 unspecified atom stereocenters. The molecule has 0 bridgehead atoms. The lowest BCUT2D eigenvalue weighted by molar-refractivity contribution is -0.176. The van der Waals surface area contributed by atoms with E-state index in [2.05, 4.69) is 15.0 Å². The van der Waals surface area contributed by atoms with Crippen molar-refractivity contribution in [3.8, 4) is 0 Å². The van der Waals surface area contributed by atoms with Crippen molar-refractivity contribution in [2.75, 3.05) is 6.61 Å². The van der Waals surface area contributed by atoms with Crippen LogP contribution in [-0.2, 0) is 24.1 Å². The minimum absolute atomic E-state index is 0.0295. The van der Waals surface area contributed by atoms with Crippen LogP contribution in [0.3, 0.4) is 0 Å². The van der Waals surface area contributed by atoms with Gasteiger partial charge in [-0.1, -0.05) is 13.8 Å². The van der Waals surface area contributed by atoms with Gasteiger partial charge in [0.2, 0.25) is 0 Å². The summed E-state index contributed by atoms with van der Waals surface area (Å²) in [4.78, 5) is 3.27. The van der Waals surface area contributed by atoms with Crippen LogP contribution in [0, 0.1) is 0 Å². The van der Waals surface area contributed by atoms with Crippen molar-refractivity contribution in [2.45, 2.75) is 45.4 Å². The predicted molar refractivity (Wildman–Crippen MR) is 64.8 cm³/mol. The number of aromatic nitrogens is 1. The monoisotopic (exact) mass is 336 g/mol. The summed E-state index contributed by atoms with van der Waals surface area (Å²) in [5.74, 6) is 0. The topological polar surface area (TPSA) is 34.1 Å². The van der Waals surface area contributed by atoms with Gasteiger partial charge in [-0.05, 0) is 0 Å². The van der Waals surface area contributed by atoms with Gasteiger partial charge in [0.05, 0.1) is 11.5 Å². The van der Waals surface area contributed by atoms with Crippen molar-refractivity contribution >= 4 is 11.3 Å². The van der Waals surface area contributed by atoms with E-state index in [0.29, 0.717) is 11.3 Å². The Morgan fingerprint density at radius 3 is 2.29 bits per heavy atom. The second-order valence-electron chi connectivity index (χ2n) is 4.52. The first-order valence-electron chi connectivity index (χ1n) is 5.92. The van der Waals surface area contributed by atoms with Crippen LogP contribution in [0.2, 0.25) is 0 Å². The van der Waals surface area contributed by atoms with E-state index in [-0.39, 0.29) is 22.5 Å². The zero-order valence-corrected chi connectivity index (χ0v) is 12.0. The maximum Gasteiger partial charge on any atom is 0.434 e. The van der Waals surface area contributed by atoms with E-state index >= 15 is 0 Å². The summed E-state index contributed by atoms with van der Waals surface area (Å²) in [6.45, 7) is 1.36. The standard InChI is InChI=1S/C11H14F6N2OS/c1-6(2)18-3-7-9(11(15,16)17)19-8(21-7)4-20-5-10(12,13)14/h6,18H,3-5H2,1-2H3. The van der Waals surface area contributed by atoms with E-state index in [9.17, 15) is 26.3 Å². The Labute approximate surface area is 121 Å². The van der Waals surface area contributed by atoms with E-state index in [1.165, 1.54) is 0 Å². The fourth-order valence-corrected chi connectivity index (χ4v) is 2.33. The quantitative estimate of drug-likeness (QED) is 0.804. The lowest BCUT2D eigenvalue weighted by Gasteiger charge is -2.09. The average Bonchev–Trinajstić information content (AvgIpc) is 2.67. The van der Waals surface area contributed by atoms with Crippen molar-refractivity contribution in [2.24, 2.45) is 0 Å². The van der Waals surface area contributed by atoms with Crippen molar-refractivity contribution < 1.29 is 31.1 Å².